The first-order valence-electron chi connectivity index (χ1n) is 8.94. The van der Waals surface area contributed by atoms with E-state index in [4.69, 9.17) is 4.74 Å². The molecule has 3 rings (SSSR count). The van der Waals surface area contributed by atoms with E-state index in [-0.39, 0.29) is 16.5 Å². The highest BCUT2D eigenvalue weighted by Gasteiger charge is 2.19. The van der Waals surface area contributed by atoms with E-state index in [1.54, 1.807) is 30.3 Å². The Labute approximate surface area is 170 Å². The van der Waals surface area contributed by atoms with E-state index in [9.17, 15) is 13.2 Å². The molecule has 2 N–H and O–H groups in total. The maximum atomic E-state index is 12.9. The van der Waals surface area contributed by atoms with Crippen molar-refractivity contribution >= 4 is 27.3 Å². The minimum Gasteiger partial charge on any atom is -0.495 e. The number of ether oxygens (including phenoxy) is 1. The Kier molecular flexibility index (Phi) is 5.89. The van der Waals surface area contributed by atoms with Crippen molar-refractivity contribution in [3.63, 3.8) is 0 Å². The fourth-order valence-electron chi connectivity index (χ4n) is 2.87. The molecular weight excluding hydrogens is 388 g/mol. The standard InChI is InChI=1S/C22H22N2O4S/c1-15-9-11-19(16(2)13-15)24-29(26,27)18-10-12-21(28-3)20(14-18)23-22(25)17-7-5-4-6-8-17/h4-14,24H,1-3H3,(H,23,25). The molecule has 3 aromatic rings. The summed E-state index contributed by atoms with van der Waals surface area (Å²) in [7, 11) is -2.40. The number of hydrogen-bond acceptors (Lipinski definition) is 4. The SMILES string of the molecule is COc1ccc(S(=O)(=O)Nc2ccc(C)cc2C)cc1NC(=O)c1ccccc1. The molecule has 0 saturated heterocycles. The van der Waals surface area contributed by atoms with Crippen molar-refractivity contribution in [2.75, 3.05) is 17.1 Å². The number of anilines is 2. The third-order valence-corrected chi connectivity index (χ3v) is 5.75. The number of benzene rings is 3. The van der Waals surface area contributed by atoms with Gasteiger partial charge in [0.15, 0.2) is 0 Å². The number of carbonyl (C=O) groups excluding carboxylic acids is 1. The molecule has 6 nitrogen and oxygen atoms in total. The number of sulfonamides is 1. The fourth-order valence-corrected chi connectivity index (χ4v) is 4.02. The van der Waals surface area contributed by atoms with E-state index in [0.29, 0.717) is 17.0 Å². The van der Waals surface area contributed by atoms with Crippen LogP contribution in [0.25, 0.3) is 0 Å². The zero-order chi connectivity index (χ0) is 21.0. The molecule has 0 aliphatic heterocycles. The molecule has 7 heteroatoms. The minimum absolute atomic E-state index is 0.0154. The van der Waals surface area contributed by atoms with Gasteiger partial charge in [-0.15, -0.1) is 0 Å². The van der Waals surface area contributed by atoms with Gasteiger partial charge in [-0.3, -0.25) is 9.52 Å². The highest BCUT2D eigenvalue weighted by Crippen LogP contribution is 2.29. The van der Waals surface area contributed by atoms with Crippen LogP contribution in [-0.4, -0.2) is 21.4 Å². The average molecular weight is 410 g/mol. The van der Waals surface area contributed by atoms with Crippen LogP contribution in [0.2, 0.25) is 0 Å². The van der Waals surface area contributed by atoms with Crippen LogP contribution in [-0.2, 0) is 10.0 Å². The summed E-state index contributed by atoms with van der Waals surface area (Å²) in [6.07, 6.45) is 0. The lowest BCUT2D eigenvalue weighted by atomic mass is 10.1. The number of aryl methyl sites for hydroxylation is 2. The largest absolute Gasteiger partial charge is 0.495 e. The van der Waals surface area contributed by atoms with Crippen molar-refractivity contribution in [1.29, 1.82) is 0 Å². The van der Waals surface area contributed by atoms with Crippen LogP contribution in [0.1, 0.15) is 21.5 Å². The molecule has 0 spiro atoms. The number of hydrogen-bond donors (Lipinski definition) is 2. The molecule has 0 unspecified atom stereocenters. The Bertz CT molecular complexity index is 1140. The second-order valence-electron chi connectivity index (χ2n) is 6.61. The zero-order valence-corrected chi connectivity index (χ0v) is 17.2. The van der Waals surface area contributed by atoms with Crippen LogP contribution in [0.15, 0.2) is 71.6 Å². The lowest BCUT2D eigenvalue weighted by Gasteiger charge is -2.14. The smallest absolute Gasteiger partial charge is 0.261 e. The summed E-state index contributed by atoms with van der Waals surface area (Å²) in [5.41, 5.74) is 3.09. The molecule has 0 aliphatic rings. The van der Waals surface area contributed by atoms with Crippen LogP contribution in [0.3, 0.4) is 0 Å². The average Bonchev–Trinajstić information content (AvgIpc) is 2.70. The van der Waals surface area contributed by atoms with E-state index in [2.05, 4.69) is 10.0 Å². The van der Waals surface area contributed by atoms with Gasteiger partial charge < -0.3 is 10.1 Å². The van der Waals surface area contributed by atoms with Crippen LogP contribution < -0.4 is 14.8 Å². The van der Waals surface area contributed by atoms with Gasteiger partial charge >= 0.3 is 0 Å². The number of nitrogens with one attached hydrogen (secondary N) is 2. The molecular formula is C22H22N2O4S. The molecule has 1 amide bonds. The molecule has 0 aromatic heterocycles. The van der Waals surface area contributed by atoms with Crippen molar-refractivity contribution in [3.8, 4) is 5.75 Å². The minimum atomic E-state index is -3.85. The van der Waals surface area contributed by atoms with Gasteiger partial charge in [0, 0.05) is 5.56 Å². The third kappa shape index (κ3) is 4.75. The van der Waals surface area contributed by atoms with Gasteiger partial charge in [0.2, 0.25) is 0 Å². The normalized spacial score (nSPS) is 11.0. The quantitative estimate of drug-likeness (QED) is 0.632. The molecule has 0 radical (unpaired) electrons. The van der Waals surface area contributed by atoms with Crippen LogP contribution in [0.5, 0.6) is 5.75 Å². The van der Waals surface area contributed by atoms with Crippen LogP contribution >= 0.6 is 0 Å². The van der Waals surface area contributed by atoms with Crippen molar-refractivity contribution in [2.45, 2.75) is 18.7 Å². The highest BCUT2D eigenvalue weighted by molar-refractivity contribution is 7.92. The summed E-state index contributed by atoms with van der Waals surface area (Å²) >= 11 is 0. The molecule has 150 valence electrons. The molecule has 0 heterocycles. The monoisotopic (exact) mass is 410 g/mol. The summed E-state index contributed by atoms with van der Waals surface area (Å²) in [5.74, 6) is 0.000494. The zero-order valence-electron chi connectivity index (χ0n) is 16.4. The van der Waals surface area contributed by atoms with E-state index < -0.39 is 10.0 Å². The summed E-state index contributed by atoms with van der Waals surface area (Å²) in [4.78, 5) is 12.5. The number of methoxy groups -OCH3 is 1. The first-order chi connectivity index (χ1) is 13.8. The molecule has 0 fully saturated rings. The van der Waals surface area contributed by atoms with Gasteiger partial charge in [-0.25, -0.2) is 8.42 Å². The summed E-state index contributed by atoms with van der Waals surface area (Å²) in [6, 6.07) is 18.4. The van der Waals surface area contributed by atoms with Crippen molar-refractivity contribution in [3.05, 3.63) is 83.4 Å². The molecule has 0 aliphatic carbocycles. The molecule has 0 atom stereocenters. The third-order valence-electron chi connectivity index (χ3n) is 4.39. The van der Waals surface area contributed by atoms with Crippen LogP contribution in [0, 0.1) is 13.8 Å². The van der Waals surface area contributed by atoms with E-state index in [1.165, 1.54) is 25.3 Å². The molecule has 3 aromatic carbocycles. The Hall–Kier alpha value is -3.32. The number of rotatable bonds is 6. The van der Waals surface area contributed by atoms with Gasteiger partial charge in [-0.05, 0) is 55.8 Å². The van der Waals surface area contributed by atoms with E-state index in [0.717, 1.165) is 11.1 Å². The summed E-state index contributed by atoms with van der Waals surface area (Å²) in [5, 5.41) is 2.72. The van der Waals surface area contributed by atoms with E-state index in [1.807, 2.05) is 32.0 Å². The Morgan fingerprint density at radius 3 is 2.28 bits per heavy atom. The first kappa shape index (κ1) is 20.4. The van der Waals surface area contributed by atoms with Gasteiger partial charge in [0.05, 0.1) is 23.4 Å². The van der Waals surface area contributed by atoms with Gasteiger partial charge in [-0.2, -0.15) is 0 Å². The van der Waals surface area contributed by atoms with Crippen molar-refractivity contribution < 1.29 is 17.9 Å². The first-order valence-corrected chi connectivity index (χ1v) is 10.4. The maximum absolute atomic E-state index is 12.9. The Morgan fingerprint density at radius 1 is 0.897 bits per heavy atom. The number of carbonyl (C=O) groups is 1. The predicted octanol–water partition coefficient (Wildman–Crippen LogP) is 4.37. The Morgan fingerprint density at radius 2 is 1.62 bits per heavy atom. The van der Waals surface area contributed by atoms with E-state index >= 15 is 0 Å². The second-order valence-corrected chi connectivity index (χ2v) is 8.29. The second kappa shape index (κ2) is 8.36. The molecule has 29 heavy (non-hydrogen) atoms. The Balaban J connectivity index is 1.91. The lowest BCUT2D eigenvalue weighted by molar-refractivity contribution is 0.102. The highest BCUT2D eigenvalue weighted by atomic mass is 32.2. The van der Waals surface area contributed by atoms with Crippen molar-refractivity contribution in [2.24, 2.45) is 0 Å². The summed E-state index contributed by atoms with van der Waals surface area (Å²) < 4.78 is 33.6. The maximum Gasteiger partial charge on any atom is 0.261 e. The predicted molar refractivity (Wildman–Crippen MR) is 114 cm³/mol. The topological polar surface area (TPSA) is 84.5 Å². The van der Waals surface area contributed by atoms with Gasteiger partial charge in [0.1, 0.15) is 5.75 Å². The fraction of sp³-hybridized carbons (Fsp3) is 0.136. The number of amides is 1. The van der Waals surface area contributed by atoms with Crippen molar-refractivity contribution in [1.82, 2.24) is 0 Å². The lowest BCUT2D eigenvalue weighted by Crippen LogP contribution is -2.16. The van der Waals surface area contributed by atoms with Gasteiger partial charge in [0.25, 0.3) is 15.9 Å². The molecule has 0 bridgehead atoms. The molecule has 0 saturated carbocycles. The van der Waals surface area contributed by atoms with Gasteiger partial charge in [-0.1, -0.05) is 35.9 Å². The van der Waals surface area contributed by atoms with Crippen LogP contribution in [0.4, 0.5) is 11.4 Å². The summed E-state index contributed by atoms with van der Waals surface area (Å²) in [6.45, 7) is 3.78.